The van der Waals surface area contributed by atoms with E-state index >= 15 is 0 Å². The Bertz CT molecular complexity index is 1200. The first kappa shape index (κ1) is 27.1. The molecule has 2 aromatic rings. The number of rotatable bonds is 6. The molecule has 2 aliphatic rings. The van der Waals surface area contributed by atoms with Gasteiger partial charge in [-0.25, -0.2) is 0 Å². The molecule has 0 amide bonds. The molecule has 8 heteroatoms. The highest BCUT2D eigenvalue weighted by atomic mass is 16.1. The zero-order valence-corrected chi connectivity index (χ0v) is 24.1. The highest BCUT2D eigenvalue weighted by Gasteiger charge is 2.43. The number of ketones is 2. The Hall–Kier alpha value is -2.90. The van der Waals surface area contributed by atoms with Crippen molar-refractivity contribution in [3.8, 4) is 0 Å². The van der Waals surface area contributed by atoms with Crippen molar-refractivity contribution >= 4 is 22.7 Å². The molecular weight excluding hydrogens is 464 g/mol. The van der Waals surface area contributed by atoms with E-state index in [1.165, 1.54) is 0 Å². The molecule has 0 radical (unpaired) electrons. The van der Waals surface area contributed by atoms with Crippen LogP contribution in [0.5, 0.6) is 0 Å². The molecule has 4 rings (SSSR count). The second-order valence-corrected chi connectivity index (χ2v) is 14.6. The van der Waals surface area contributed by atoms with Gasteiger partial charge in [-0.05, 0) is 45.6 Å². The van der Waals surface area contributed by atoms with Crippen molar-refractivity contribution in [1.29, 1.82) is 0 Å². The fourth-order valence-electron chi connectivity index (χ4n) is 7.07. The van der Waals surface area contributed by atoms with Crippen molar-refractivity contribution in [2.45, 2.75) is 101 Å². The van der Waals surface area contributed by atoms with Crippen molar-refractivity contribution in [2.24, 2.45) is 21.7 Å². The molecule has 200 valence electrons. The normalized spacial score (nSPS) is 17.5. The van der Waals surface area contributed by atoms with Gasteiger partial charge in [0.15, 0.2) is 11.6 Å². The third-order valence-electron chi connectivity index (χ3n) is 7.30. The SMILES string of the molecule is CC(C)(C)CC(C)(C)C1=C(CC2=C(C(C)(C)CC(C)(C)C)c3n[nH]nc3CC2=O)C(=O)Cc2n[nH]nc21. The van der Waals surface area contributed by atoms with Gasteiger partial charge in [-0.15, -0.1) is 0 Å². The van der Waals surface area contributed by atoms with Crippen molar-refractivity contribution in [1.82, 2.24) is 30.8 Å². The molecule has 0 spiro atoms. The van der Waals surface area contributed by atoms with Gasteiger partial charge in [-0.1, -0.05) is 69.2 Å². The Balaban J connectivity index is 1.96. The van der Waals surface area contributed by atoms with Crippen LogP contribution in [0.1, 0.15) is 111 Å². The predicted octanol–water partition coefficient (Wildman–Crippen LogP) is 5.70. The number of hydrogen-bond donors (Lipinski definition) is 2. The molecule has 2 aromatic heterocycles. The van der Waals surface area contributed by atoms with E-state index in [1.807, 2.05) is 0 Å². The molecule has 2 aliphatic carbocycles. The lowest BCUT2D eigenvalue weighted by Crippen LogP contribution is -2.31. The van der Waals surface area contributed by atoms with Crippen LogP contribution in [0.2, 0.25) is 0 Å². The van der Waals surface area contributed by atoms with Gasteiger partial charge in [0.05, 0.1) is 24.2 Å². The smallest absolute Gasteiger partial charge is 0.165 e. The Morgan fingerprint density at radius 1 is 0.595 bits per heavy atom. The third kappa shape index (κ3) is 5.39. The van der Waals surface area contributed by atoms with Crippen LogP contribution >= 0.6 is 0 Å². The number of aromatic nitrogens is 6. The van der Waals surface area contributed by atoms with E-state index in [2.05, 4.69) is 100 Å². The van der Waals surface area contributed by atoms with Gasteiger partial charge < -0.3 is 0 Å². The number of nitrogens with one attached hydrogen (secondary N) is 2. The van der Waals surface area contributed by atoms with Gasteiger partial charge in [0, 0.05) is 17.6 Å². The van der Waals surface area contributed by atoms with Crippen molar-refractivity contribution in [2.75, 3.05) is 0 Å². The van der Waals surface area contributed by atoms with Gasteiger partial charge in [0.1, 0.15) is 11.4 Å². The first-order valence-corrected chi connectivity index (χ1v) is 13.2. The monoisotopic (exact) mass is 506 g/mol. The van der Waals surface area contributed by atoms with E-state index in [-0.39, 0.29) is 52.5 Å². The lowest BCUT2D eigenvalue weighted by atomic mass is 9.65. The molecule has 2 N–H and O–H groups in total. The summed E-state index contributed by atoms with van der Waals surface area (Å²) in [6.07, 6.45) is 2.34. The molecule has 2 heterocycles. The average Bonchev–Trinajstić information content (AvgIpc) is 3.33. The first-order valence-electron chi connectivity index (χ1n) is 13.2. The van der Waals surface area contributed by atoms with Crippen LogP contribution in [-0.2, 0) is 22.4 Å². The molecular formula is C29H42N6O2. The van der Waals surface area contributed by atoms with Crippen molar-refractivity contribution < 1.29 is 9.59 Å². The second kappa shape index (κ2) is 8.84. The molecule has 0 aliphatic heterocycles. The minimum atomic E-state index is -0.353. The van der Waals surface area contributed by atoms with Crippen LogP contribution in [0.3, 0.4) is 0 Å². The minimum Gasteiger partial charge on any atom is -0.294 e. The maximum absolute atomic E-state index is 13.7. The van der Waals surface area contributed by atoms with Crippen molar-refractivity contribution in [3.63, 3.8) is 0 Å². The second-order valence-electron chi connectivity index (χ2n) is 14.6. The standard InChI is InChI=1S/C29H42N6O2/c1-26(2,3)14-28(7,8)22-16(20(36)12-18-24(22)32-34-30-18)11-17-21(37)13-19-25(33-35-31-19)23(17)29(9,10)15-27(4,5)6/h11-15H2,1-10H3,(H,30,32,34)(H,31,33,35). The van der Waals surface area contributed by atoms with Crippen LogP contribution in [-0.4, -0.2) is 42.4 Å². The summed E-state index contributed by atoms with van der Waals surface area (Å²) < 4.78 is 0. The third-order valence-corrected chi connectivity index (χ3v) is 7.30. The highest BCUT2D eigenvalue weighted by molar-refractivity contribution is 6.12. The van der Waals surface area contributed by atoms with E-state index in [4.69, 9.17) is 0 Å². The largest absolute Gasteiger partial charge is 0.294 e. The quantitative estimate of drug-likeness (QED) is 0.519. The fourth-order valence-corrected chi connectivity index (χ4v) is 7.07. The molecule has 0 aromatic carbocycles. The summed E-state index contributed by atoms with van der Waals surface area (Å²) in [7, 11) is 0. The number of fused-ring (bicyclic) bond motifs is 2. The number of H-pyrrole nitrogens is 2. The molecule has 0 unspecified atom stereocenters. The number of hydrogen-bond acceptors (Lipinski definition) is 6. The van der Waals surface area contributed by atoms with Gasteiger partial charge in [0.2, 0.25) is 0 Å². The summed E-state index contributed by atoms with van der Waals surface area (Å²) in [5, 5.41) is 23.1. The van der Waals surface area contributed by atoms with Gasteiger partial charge >= 0.3 is 0 Å². The van der Waals surface area contributed by atoms with Crippen LogP contribution < -0.4 is 0 Å². The Kier molecular flexibility index (Phi) is 6.49. The summed E-state index contributed by atoms with van der Waals surface area (Å²) in [5.41, 5.74) is 5.39. The number of carbonyl (C=O) groups excluding carboxylic acids is 2. The van der Waals surface area contributed by atoms with Gasteiger partial charge in [0.25, 0.3) is 0 Å². The summed E-state index contributed by atoms with van der Waals surface area (Å²) in [4.78, 5) is 27.5. The highest BCUT2D eigenvalue weighted by Crippen LogP contribution is 2.51. The predicted molar refractivity (Wildman–Crippen MR) is 144 cm³/mol. The van der Waals surface area contributed by atoms with E-state index < -0.39 is 0 Å². The number of Topliss-reactive ketones (excluding diaryl/α,β-unsaturated/α-hetero) is 2. The van der Waals surface area contributed by atoms with Gasteiger partial charge in [-0.3, -0.25) is 9.59 Å². The zero-order valence-electron chi connectivity index (χ0n) is 24.1. The molecule has 0 fully saturated rings. The zero-order chi connectivity index (χ0) is 27.6. The molecule has 0 saturated carbocycles. The van der Waals surface area contributed by atoms with Gasteiger partial charge in [-0.2, -0.15) is 30.8 Å². The average molecular weight is 507 g/mol. The van der Waals surface area contributed by atoms with Crippen LogP contribution in [0.15, 0.2) is 11.1 Å². The van der Waals surface area contributed by atoms with E-state index in [0.717, 1.165) is 35.4 Å². The molecule has 0 saturated heterocycles. The fraction of sp³-hybridized carbons (Fsp3) is 0.655. The topological polar surface area (TPSA) is 117 Å². The maximum Gasteiger partial charge on any atom is 0.165 e. The molecule has 0 atom stereocenters. The van der Waals surface area contributed by atoms with Crippen LogP contribution in [0.4, 0.5) is 0 Å². The first-order chi connectivity index (χ1) is 16.9. The lowest BCUT2D eigenvalue weighted by molar-refractivity contribution is -0.115. The Morgan fingerprint density at radius 3 is 1.27 bits per heavy atom. The minimum absolute atomic E-state index is 0.0117. The molecule has 8 nitrogen and oxygen atoms in total. The summed E-state index contributed by atoms with van der Waals surface area (Å²) in [6.45, 7) is 21.9. The molecule has 0 bridgehead atoms. The van der Waals surface area contributed by atoms with Crippen LogP contribution in [0, 0.1) is 21.7 Å². The summed E-state index contributed by atoms with van der Waals surface area (Å²) in [5.74, 6) is 0.0234. The number of carbonyl (C=O) groups is 2. The summed E-state index contributed by atoms with van der Waals surface area (Å²) >= 11 is 0. The van der Waals surface area contributed by atoms with E-state index in [9.17, 15) is 9.59 Å². The maximum atomic E-state index is 13.7. The Morgan fingerprint density at radius 2 is 0.946 bits per heavy atom. The lowest BCUT2D eigenvalue weighted by Gasteiger charge is -2.38. The number of allylic oxidation sites excluding steroid dienone is 4. The van der Waals surface area contributed by atoms with Crippen molar-refractivity contribution in [3.05, 3.63) is 33.9 Å². The Labute approximate surface area is 220 Å². The number of aromatic amines is 2. The van der Waals surface area contributed by atoms with E-state index in [0.29, 0.717) is 22.5 Å². The molecule has 37 heavy (non-hydrogen) atoms. The van der Waals surface area contributed by atoms with Crippen LogP contribution in [0.25, 0.3) is 11.1 Å². The summed E-state index contributed by atoms with van der Waals surface area (Å²) in [6, 6.07) is 0. The van der Waals surface area contributed by atoms with E-state index in [1.54, 1.807) is 0 Å². The number of nitrogens with zero attached hydrogens (tertiary/aromatic N) is 4.